The van der Waals surface area contributed by atoms with Crippen LogP contribution in [0.25, 0.3) is 22.5 Å². The smallest absolute Gasteiger partial charge is 0.205 e. The first-order chi connectivity index (χ1) is 15.1. The highest BCUT2D eigenvalue weighted by molar-refractivity contribution is 6.30. The van der Waals surface area contributed by atoms with Gasteiger partial charge in [-0.05, 0) is 35.2 Å². The van der Waals surface area contributed by atoms with E-state index in [2.05, 4.69) is 25.6 Å². The van der Waals surface area contributed by atoms with Gasteiger partial charge in [-0.25, -0.2) is 4.98 Å². The SMILES string of the molecule is C[C@H](O)CCc1nc(Cl)c(CO)n1Cc1ccc(-c2ccccc2-c2nn[nH]n2)cc1. The van der Waals surface area contributed by atoms with Gasteiger partial charge in [0.1, 0.15) is 5.82 Å². The average Bonchev–Trinajstić information content (AvgIpc) is 3.41. The van der Waals surface area contributed by atoms with Crippen molar-refractivity contribution in [3.05, 3.63) is 70.8 Å². The number of aryl methyl sites for hydroxylation is 1. The molecule has 0 fully saturated rings. The van der Waals surface area contributed by atoms with Crippen LogP contribution in [0.5, 0.6) is 0 Å². The van der Waals surface area contributed by atoms with E-state index in [1.165, 1.54) is 0 Å². The largest absolute Gasteiger partial charge is 0.393 e. The minimum atomic E-state index is -0.430. The quantitative estimate of drug-likeness (QED) is 0.389. The van der Waals surface area contributed by atoms with Gasteiger partial charge in [0.25, 0.3) is 0 Å². The number of tetrazole rings is 1. The summed E-state index contributed by atoms with van der Waals surface area (Å²) < 4.78 is 1.92. The molecule has 0 amide bonds. The Labute approximate surface area is 184 Å². The van der Waals surface area contributed by atoms with Gasteiger partial charge in [0.05, 0.1) is 18.4 Å². The van der Waals surface area contributed by atoms with Crippen molar-refractivity contribution < 1.29 is 10.2 Å². The highest BCUT2D eigenvalue weighted by Crippen LogP contribution is 2.30. The van der Waals surface area contributed by atoms with E-state index in [-0.39, 0.29) is 6.61 Å². The second kappa shape index (κ2) is 9.38. The molecule has 4 rings (SSSR count). The molecular formula is C22H23ClN6O2. The molecule has 0 spiro atoms. The minimum Gasteiger partial charge on any atom is -0.393 e. The lowest BCUT2D eigenvalue weighted by molar-refractivity contribution is 0.183. The fraction of sp³-hybridized carbons (Fsp3) is 0.273. The Balaban J connectivity index is 1.61. The molecule has 1 atom stereocenters. The zero-order chi connectivity index (χ0) is 21.8. The molecule has 3 N–H and O–H groups in total. The minimum absolute atomic E-state index is 0.198. The van der Waals surface area contributed by atoms with E-state index in [9.17, 15) is 10.2 Å². The number of halogens is 1. The molecule has 0 aliphatic rings. The fourth-order valence-corrected chi connectivity index (χ4v) is 3.81. The molecule has 2 heterocycles. The van der Waals surface area contributed by atoms with E-state index in [0.29, 0.717) is 36.1 Å². The van der Waals surface area contributed by atoms with Crippen molar-refractivity contribution in [3.63, 3.8) is 0 Å². The number of benzene rings is 2. The number of aliphatic hydroxyl groups is 2. The van der Waals surface area contributed by atoms with E-state index in [1.54, 1.807) is 6.92 Å². The van der Waals surface area contributed by atoms with Crippen molar-refractivity contribution in [1.82, 2.24) is 30.2 Å². The van der Waals surface area contributed by atoms with Crippen LogP contribution >= 0.6 is 11.6 Å². The lowest BCUT2D eigenvalue weighted by Gasteiger charge is -2.13. The Kier molecular flexibility index (Phi) is 6.41. The maximum Gasteiger partial charge on any atom is 0.205 e. The summed E-state index contributed by atoms with van der Waals surface area (Å²) in [4.78, 5) is 4.39. The van der Waals surface area contributed by atoms with Crippen LogP contribution in [0.3, 0.4) is 0 Å². The molecule has 160 valence electrons. The Hall–Kier alpha value is -3.07. The lowest BCUT2D eigenvalue weighted by Crippen LogP contribution is -2.11. The molecule has 9 heteroatoms. The second-order valence-corrected chi connectivity index (χ2v) is 7.73. The van der Waals surface area contributed by atoms with Crippen molar-refractivity contribution in [3.8, 4) is 22.5 Å². The van der Waals surface area contributed by atoms with Crippen molar-refractivity contribution in [1.29, 1.82) is 0 Å². The van der Waals surface area contributed by atoms with E-state index in [1.807, 2.05) is 53.1 Å². The summed E-state index contributed by atoms with van der Waals surface area (Å²) in [5, 5.41) is 34.0. The van der Waals surface area contributed by atoms with E-state index < -0.39 is 6.10 Å². The first-order valence-corrected chi connectivity index (χ1v) is 10.4. The summed E-state index contributed by atoms with van der Waals surface area (Å²) in [7, 11) is 0. The van der Waals surface area contributed by atoms with Gasteiger partial charge >= 0.3 is 0 Å². The molecule has 2 aromatic carbocycles. The van der Waals surface area contributed by atoms with Gasteiger partial charge in [-0.2, -0.15) is 5.21 Å². The molecule has 0 radical (unpaired) electrons. The summed E-state index contributed by atoms with van der Waals surface area (Å²) >= 11 is 6.23. The molecule has 2 aromatic heterocycles. The zero-order valence-electron chi connectivity index (χ0n) is 17.0. The molecule has 8 nitrogen and oxygen atoms in total. The topological polar surface area (TPSA) is 113 Å². The second-order valence-electron chi connectivity index (χ2n) is 7.38. The Bertz CT molecular complexity index is 1140. The zero-order valence-corrected chi connectivity index (χ0v) is 17.8. The third-order valence-electron chi connectivity index (χ3n) is 5.16. The van der Waals surface area contributed by atoms with Gasteiger partial charge in [0.2, 0.25) is 5.82 Å². The summed E-state index contributed by atoms with van der Waals surface area (Å²) in [6.07, 6.45) is 0.720. The number of hydrogen-bond acceptors (Lipinski definition) is 6. The number of nitrogens with zero attached hydrogens (tertiary/aromatic N) is 5. The van der Waals surface area contributed by atoms with Gasteiger partial charge in [-0.3, -0.25) is 0 Å². The Morgan fingerprint density at radius 1 is 1.10 bits per heavy atom. The van der Waals surface area contributed by atoms with E-state index >= 15 is 0 Å². The number of nitrogens with one attached hydrogen (secondary N) is 1. The predicted molar refractivity (Wildman–Crippen MR) is 117 cm³/mol. The molecular weight excluding hydrogens is 416 g/mol. The van der Waals surface area contributed by atoms with E-state index in [4.69, 9.17) is 11.6 Å². The lowest BCUT2D eigenvalue weighted by atomic mass is 9.98. The Morgan fingerprint density at radius 3 is 2.48 bits per heavy atom. The van der Waals surface area contributed by atoms with Crippen molar-refractivity contribution in [2.24, 2.45) is 0 Å². The maximum absolute atomic E-state index is 9.77. The van der Waals surface area contributed by atoms with Crippen LogP contribution in [-0.4, -0.2) is 46.5 Å². The highest BCUT2D eigenvalue weighted by Gasteiger charge is 2.16. The van der Waals surface area contributed by atoms with Crippen molar-refractivity contribution in [2.45, 2.75) is 39.0 Å². The van der Waals surface area contributed by atoms with Crippen molar-refractivity contribution in [2.75, 3.05) is 0 Å². The summed E-state index contributed by atoms with van der Waals surface area (Å²) in [5.74, 6) is 1.30. The van der Waals surface area contributed by atoms with Gasteiger partial charge < -0.3 is 14.8 Å². The number of H-pyrrole nitrogens is 1. The van der Waals surface area contributed by atoms with Crippen LogP contribution in [0.2, 0.25) is 5.15 Å². The highest BCUT2D eigenvalue weighted by atomic mass is 35.5. The average molecular weight is 439 g/mol. The number of aliphatic hydroxyl groups excluding tert-OH is 2. The summed E-state index contributed by atoms with van der Waals surface area (Å²) in [6.45, 7) is 2.07. The predicted octanol–water partition coefficient (Wildman–Crippen LogP) is 3.24. The molecule has 0 unspecified atom stereocenters. The number of rotatable bonds is 8. The van der Waals surface area contributed by atoms with Gasteiger partial charge in [-0.1, -0.05) is 60.1 Å². The number of hydrogen-bond donors (Lipinski definition) is 3. The van der Waals surface area contributed by atoms with Gasteiger partial charge in [0, 0.05) is 18.5 Å². The third-order valence-corrected chi connectivity index (χ3v) is 5.46. The van der Waals surface area contributed by atoms with Crippen LogP contribution in [0.4, 0.5) is 0 Å². The fourth-order valence-electron chi connectivity index (χ4n) is 3.55. The van der Waals surface area contributed by atoms with Crippen LogP contribution in [0.15, 0.2) is 48.5 Å². The first-order valence-electron chi connectivity index (χ1n) is 10.0. The van der Waals surface area contributed by atoms with Crippen LogP contribution in [0, 0.1) is 0 Å². The monoisotopic (exact) mass is 438 g/mol. The number of aromatic amines is 1. The molecule has 4 aromatic rings. The molecule has 31 heavy (non-hydrogen) atoms. The first kappa shape index (κ1) is 21.2. The normalized spacial score (nSPS) is 12.3. The summed E-state index contributed by atoms with van der Waals surface area (Å²) in [5.41, 5.74) is 4.56. The van der Waals surface area contributed by atoms with Crippen LogP contribution in [0.1, 0.15) is 30.4 Å². The van der Waals surface area contributed by atoms with E-state index in [0.717, 1.165) is 28.1 Å². The standard InChI is InChI=1S/C22H23ClN6O2/c1-14(31)6-11-20-24-21(23)19(13-30)29(20)12-15-7-9-16(10-8-15)17-4-2-3-5-18(17)22-25-27-28-26-22/h2-5,7-10,14,30-31H,6,11-13H2,1H3,(H,25,26,27,28)/t14-/m0/s1. The molecule has 0 saturated heterocycles. The molecule has 0 bridgehead atoms. The van der Waals surface area contributed by atoms with Crippen LogP contribution < -0.4 is 0 Å². The van der Waals surface area contributed by atoms with Gasteiger partial charge in [-0.15, -0.1) is 10.2 Å². The molecule has 0 saturated carbocycles. The molecule has 0 aliphatic carbocycles. The molecule has 0 aliphatic heterocycles. The third kappa shape index (κ3) is 4.66. The van der Waals surface area contributed by atoms with Crippen molar-refractivity contribution >= 4 is 11.6 Å². The summed E-state index contributed by atoms with van der Waals surface area (Å²) in [6, 6.07) is 16.1. The number of imidazole rings is 1. The maximum atomic E-state index is 9.77. The number of aromatic nitrogens is 6. The van der Waals surface area contributed by atoms with Crippen LogP contribution in [-0.2, 0) is 19.6 Å². The van der Waals surface area contributed by atoms with Gasteiger partial charge in [0.15, 0.2) is 5.15 Å². The Morgan fingerprint density at radius 2 is 1.84 bits per heavy atom.